The standard InChI is InChI=1S/C7H14N2O/c1-6(8)4-7-5-9-2-3-10-7/h7,9H,1-5,8H2. The van der Waals surface area contributed by atoms with Crippen molar-refractivity contribution in [2.24, 2.45) is 5.73 Å². The molecule has 10 heavy (non-hydrogen) atoms. The summed E-state index contributed by atoms with van der Waals surface area (Å²) in [6.45, 7) is 6.26. The van der Waals surface area contributed by atoms with Crippen molar-refractivity contribution in [3.05, 3.63) is 12.3 Å². The molecule has 1 aliphatic rings. The molecule has 0 aromatic heterocycles. The van der Waals surface area contributed by atoms with Crippen molar-refractivity contribution in [1.82, 2.24) is 5.32 Å². The Morgan fingerprint density at radius 3 is 3.10 bits per heavy atom. The van der Waals surface area contributed by atoms with Crippen LogP contribution in [0.25, 0.3) is 0 Å². The fourth-order valence-corrected chi connectivity index (χ4v) is 1.04. The summed E-state index contributed by atoms with van der Waals surface area (Å²) in [6.07, 6.45) is 1.01. The fraction of sp³-hybridized carbons (Fsp3) is 0.714. The Hall–Kier alpha value is -0.540. The predicted molar refractivity (Wildman–Crippen MR) is 40.6 cm³/mol. The number of nitrogens with two attached hydrogens (primary N) is 1. The van der Waals surface area contributed by atoms with E-state index in [2.05, 4.69) is 11.9 Å². The molecule has 3 nitrogen and oxygen atoms in total. The van der Waals surface area contributed by atoms with Crippen LogP contribution in [0.1, 0.15) is 6.42 Å². The zero-order valence-electron chi connectivity index (χ0n) is 6.10. The third-order valence-corrected chi connectivity index (χ3v) is 1.49. The molecule has 0 aromatic carbocycles. The normalized spacial score (nSPS) is 26.2. The monoisotopic (exact) mass is 142 g/mol. The highest BCUT2D eigenvalue weighted by atomic mass is 16.5. The van der Waals surface area contributed by atoms with Gasteiger partial charge in [0.25, 0.3) is 0 Å². The molecule has 0 aromatic rings. The average Bonchev–Trinajstić information content (AvgIpc) is 1.88. The van der Waals surface area contributed by atoms with Crippen LogP contribution in [0.15, 0.2) is 12.3 Å². The number of rotatable bonds is 2. The lowest BCUT2D eigenvalue weighted by atomic mass is 10.2. The van der Waals surface area contributed by atoms with Crippen LogP contribution >= 0.6 is 0 Å². The van der Waals surface area contributed by atoms with E-state index in [1.54, 1.807) is 0 Å². The van der Waals surface area contributed by atoms with Gasteiger partial charge in [0.15, 0.2) is 0 Å². The lowest BCUT2D eigenvalue weighted by Gasteiger charge is -2.23. The quantitative estimate of drug-likeness (QED) is 0.563. The van der Waals surface area contributed by atoms with Gasteiger partial charge >= 0.3 is 0 Å². The molecule has 1 unspecified atom stereocenters. The molecule has 1 atom stereocenters. The minimum Gasteiger partial charge on any atom is -0.402 e. The van der Waals surface area contributed by atoms with Gasteiger partial charge in [-0.2, -0.15) is 0 Å². The highest BCUT2D eigenvalue weighted by Crippen LogP contribution is 2.03. The second-order valence-corrected chi connectivity index (χ2v) is 2.56. The molecule has 0 saturated carbocycles. The first-order valence-electron chi connectivity index (χ1n) is 3.54. The van der Waals surface area contributed by atoms with Crippen LogP contribution < -0.4 is 11.1 Å². The summed E-state index contributed by atoms with van der Waals surface area (Å²) in [5.74, 6) is 0. The number of morpholine rings is 1. The van der Waals surface area contributed by atoms with Gasteiger partial charge in [0, 0.05) is 25.2 Å². The van der Waals surface area contributed by atoms with Crippen LogP contribution in [-0.4, -0.2) is 25.8 Å². The molecule has 0 spiro atoms. The van der Waals surface area contributed by atoms with Crippen molar-refractivity contribution in [3.8, 4) is 0 Å². The van der Waals surface area contributed by atoms with Gasteiger partial charge in [0.2, 0.25) is 0 Å². The van der Waals surface area contributed by atoms with E-state index < -0.39 is 0 Å². The van der Waals surface area contributed by atoms with Crippen LogP contribution in [0.5, 0.6) is 0 Å². The van der Waals surface area contributed by atoms with Crippen LogP contribution in [0.2, 0.25) is 0 Å². The Morgan fingerprint density at radius 1 is 1.80 bits per heavy atom. The summed E-state index contributed by atoms with van der Waals surface area (Å²) >= 11 is 0. The topological polar surface area (TPSA) is 47.3 Å². The Morgan fingerprint density at radius 2 is 2.60 bits per heavy atom. The van der Waals surface area contributed by atoms with Gasteiger partial charge in [-0.05, 0) is 0 Å². The van der Waals surface area contributed by atoms with Crippen molar-refractivity contribution in [1.29, 1.82) is 0 Å². The van der Waals surface area contributed by atoms with Crippen LogP contribution in [0.4, 0.5) is 0 Å². The van der Waals surface area contributed by atoms with Crippen LogP contribution in [0.3, 0.4) is 0 Å². The van der Waals surface area contributed by atoms with E-state index in [1.165, 1.54) is 0 Å². The van der Waals surface area contributed by atoms with E-state index in [9.17, 15) is 0 Å². The lowest BCUT2D eigenvalue weighted by molar-refractivity contribution is 0.0291. The molecular formula is C7H14N2O. The van der Waals surface area contributed by atoms with E-state index in [-0.39, 0.29) is 6.10 Å². The minimum absolute atomic E-state index is 0.242. The van der Waals surface area contributed by atoms with Crippen molar-refractivity contribution in [2.45, 2.75) is 12.5 Å². The van der Waals surface area contributed by atoms with Crippen LogP contribution in [-0.2, 0) is 4.74 Å². The number of hydrogen-bond acceptors (Lipinski definition) is 3. The molecule has 1 heterocycles. The van der Waals surface area contributed by atoms with Crippen molar-refractivity contribution in [2.75, 3.05) is 19.7 Å². The summed E-state index contributed by atoms with van der Waals surface area (Å²) in [5.41, 5.74) is 6.12. The maximum absolute atomic E-state index is 5.42. The van der Waals surface area contributed by atoms with Crippen molar-refractivity contribution < 1.29 is 4.74 Å². The maximum atomic E-state index is 5.42. The zero-order valence-corrected chi connectivity index (χ0v) is 6.10. The molecule has 1 fully saturated rings. The smallest absolute Gasteiger partial charge is 0.0754 e. The molecule has 0 amide bonds. The van der Waals surface area contributed by atoms with E-state index in [0.29, 0.717) is 5.70 Å². The van der Waals surface area contributed by atoms with Gasteiger partial charge in [-0.15, -0.1) is 0 Å². The first-order chi connectivity index (χ1) is 4.79. The Balaban J connectivity index is 2.19. The van der Waals surface area contributed by atoms with E-state index in [4.69, 9.17) is 10.5 Å². The second-order valence-electron chi connectivity index (χ2n) is 2.56. The van der Waals surface area contributed by atoms with E-state index in [0.717, 1.165) is 26.1 Å². The molecule has 0 aliphatic carbocycles. The lowest BCUT2D eigenvalue weighted by Crippen LogP contribution is -2.39. The second kappa shape index (κ2) is 3.58. The van der Waals surface area contributed by atoms with Crippen LogP contribution in [0, 0.1) is 0 Å². The molecule has 0 bridgehead atoms. The fourth-order valence-electron chi connectivity index (χ4n) is 1.04. The largest absolute Gasteiger partial charge is 0.402 e. The molecule has 1 aliphatic heterocycles. The highest BCUT2D eigenvalue weighted by Gasteiger charge is 2.12. The summed E-state index contributed by atoms with van der Waals surface area (Å²) in [5, 5.41) is 3.22. The molecule has 58 valence electrons. The summed E-state index contributed by atoms with van der Waals surface area (Å²) in [6, 6.07) is 0. The molecule has 1 saturated heterocycles. The van der Waals surface area contributed by atoms with Gasteiger partial charge in [0.05, 0.1) is 12.7 Å². The van der Waals surface area contributed by atoms with Gasteiger partial charge in [0.1, 0.15) is 0 Å². The maximum Gasteiger partial charge on any atom is 0.0754 e. The molecule has 1 rings (SSSR count). The first kappa shape index (κ1) is 7.57. The summed E-state index contributed by atoms with van der Waals surface area (Å²) < 4.78 is 5.39. The Bertz CT molecular complexity index is 119. The third kappa shape index (κ3) is 2.37. The van der Waals surface area contributed by atoms with Gasteiger partial charge in [-0.25, -0.2) is 0 Å². The Kier molecular flexibility index (Phi) is 2.71. The summed E-state index contributed by atoms with van der Waals surface area (Å²) in [7, 11) is 0. The van der Waals surface area contributed by atoms with E-state index in [1.807, 2.05) is 0 Å². The summed E-state index contributed by atoms with van der Waals surface area (Å²) in [4.78, 5) is 0. The first-order valence-corrected chi connectivity index (χ1v) is 3.54. The zero-order chi connectivity index (χ0) is 7.40. The molecule has 3 heteroatoms. The van der Waals surface area contributed by atoms with Crippen molar-refractivity contribution >= 4 is 0 Å². The minimum atomic E-state index is 0.242. The van der Waals surface area contributed by atoms with Crippen molar-refractivity contribution in [3.63, 3.8) is 0 Å². The molecule has 3 N–H and O–H groups in total. The van der Waals surface area contributed by atoms with Gasteiger partial charge in [-0.1, -0.05) is 6.58 Å². The molecular weight excluding hydrogens is 128 g/mol. The predicted octanol–water partition coefficient (Wildman–Crippen LogP) is -0.163. The SMILES string of the molecule is C=C(N)CC1CNCCO1. The van der Waals surface area contributed by atoms with Gasteiger partial charge in [-0.3, -0.25) is 0 Å². The Labute approximate surface area is 61.2 Å². The van der Waals surface area contributed by atoms with E-state index >= 15 is 0 Å². The third-order valence-electron chi connectivity index (χ3n) is 1.49. The number of nitrogens with one attached hydrogen (secondary N) is 1. The highest BCUT2D eigenvalue weighted by molar-refractivity contribution is 4.90. The number of hydrogen-bond donors (Lipinski definition) is 2. The van der Waals surface area contributed by atoms with Gasteiger partial charge < -0.3 is 15.8 Å². The number of ether oxygens (including phenoxy) is 1. The average molecular weight is 142 g/mol. The molecule has 0 radical (unpaired) electrons.